The highest BCUT2D eigenvalue weighted by atomic mass is 35.5. The number of hydrogen-bond acceptors (Lipinski definition) is 0. The summed E-state index contributed by atoms with van der Waals surface area (Å²) >= 11 is 5.65. The normalized spacial score (nSPS) is 24.6. The zero-order valence-electron chi connectivity index (χ0n) is 11.2. The van der Waals surface area contributed by atoms with Gasteiger partial charge in [0.2, 0.25) is 0 Å². The van der Waals surface area contributed by atoms with Gasteiger partial charge in [0.15, 0.2) is 0 Å². The second kappa shape index (κ2) is 6.99. The lowest BCUT2D eigenvalue weighted by molar-refractivity contribution is 0.376. The van der Waals surface area contributed by atoms with Crippen LogP contribution in [0.25, 0.3) is 0 Å². The Bertz CT molecular complexity index is 369. The van der Waals surface area contributed by atoms with Crippen molar-refractivity contribution < 1.29 is 0 Å². The van der Waals surface area contributed by atoms with E-state index in [1.54, 1.807) is 5.54 Å². The highest BCUT2D eigenvalue weighted by Crippen LogP contribution is 2.36. The molecule has 0 heterocycles. The summed E-state index contributed by atoms with van der Waals surface area (Å²) in [5.41, 5.74) is 4.69. The van der Waals surface area contributed by atoms with Crippen molar-refractivity contribution in [2.45, 2.75) is 51.4 Å². The van der Waals surface area contributed by atoms with Crippen LogP contribution in [0, 0.1) is 5.92 Å². The molecular formula is C17H23Cl. The molecule has 0 saturated heterocycles. The molecule has 0 bridgehead atoms. The molecule has 1 aromatic rings. The van der Waals surface area contributed by atoms with Gasteiger partial charge < -0.3 is 0 Å². The van der Waals surface area contributed by atoms with Crippen LogP contribution in [-0.4, -0.2) is 0 Å². The maximum absolute atomic E-state index is 5.65. The summed E-state index contributed by atoms with van der Waals surface area (Å²) in [6.45, 7) is 2.24. The van der Waals surface area contributed by atoms with Crippen molar-refractivity contribution in [3.63, 3.8) is 0 Å². The van der Waals surface area contributed by atoms with Crippen molar-refractivity contribution in [2.24, 2.45) is 5.92 Å². The Balaban J connectivity index is 1.92. The van der Waals surface area contributed by atoms with Crippen LogP contribution in [0.2, 0.25) is 0 Å². The number of rotatable bonds is 4. The lowest BCUT2D eigenvalue weighted by atomic mass is 9.78. The van der Waals surface area contributed by atoms with Gasteiger partial charge in [0.25, 0.3) is 0 Å². The number of benzene rings is 1. The Morgan fingerprint density at radius 2 is 1.78 bits per heavy atom. The molecular weight excluding hydrogens is 240 g/mol. The van der Waals surface area contributed by atoms with Crippen molar-refractivity contribution in [2.75, 3.05) is 0 Å². The fraction of sp³-hybridized carbons (Fsp3) is 0.529. The Morgan fingerprint density at radius 3 is 2.33 bits per heavy atom. The summed E-state index contributed by atoms with van der Waals surface area (Å²) in [5, 5.41) is 0. The van der Waals surface area contributed by atoms with Crippen molar-refractivity contribution >= 4 is 11.6 Å². The molecule has 0 aromatic heterocycles. The average Bonchev–Trinajstić information content (AvgIpc) is 2.41. The third-order valence-corrected chi connectivity index (χ3v) is 4.25. The second-order valence-electron chi connectivity index (χ2n) is 5.42. The SMILES string of the molecule is CCCc1ccc(C2CCC(/C=C/Cl)CC2)cc1. The first kappa shape index (κ1) is 13.7. The molecule has 1 heteroatoms. The Labute approximate surface area is 116 Å². The van der Waals surface area contributed by atoms with E-state index >= 15 is 0 Å². The van der Waals surface area contributed by atoms with Gasteiger partial charge >= 0.3 is 0 Å². The minimum Gasteiger partial charge on any atom is -0.0933 e. The predicted molar refractivity (Wildman–Crippen MR) is 80.1 cm³/mol. The Hall–Kier alpha value is -0.750. The second-order valence-corrected chi connectivity index (χ2v) is 5.67. The molecule has 0 aliphatic heterocycles. The highest BCUT2D eigenvalue weighted by Gasteiger charge is 2.20. The number of hydrogen-bond donors (Lipinski definition) is 0. The molecule has 0 spiro atoms. The van der Waals surface area contributed by atoms with E-state index in [0.717, 1.165) is 5.92 Å². The maximum atomic E-state index is 5.65. The fourth-order valence-corrected chi connectivity index (χ4v) is 3.20. The van der Waals surface area contributed by atoms with E-state index in [2.05, 4.69) is 37.3 Å². The summed E-state index contributed by atoms with van der Waals surface area (Å²) in [5.74, 6) is 1.47. The quantitative estimate of drug-likeness (QED) is 0.656. The zero-order chi connectivity index (χ0) is 12.8. The molecule has 1 fully saturated rings. The molecule has 1 aliphatic rings. The molecule has 0 nitrogen and oxygen atoms in total. The first-order valence-electron chi connectivity index (χ1n) is 7.19. The molecule has 0 radical (unpaired) electrons. The minimum atomic E-state index is 0.707. The maximum Gasteiger partial charge on any atom is 0.000525 e. The van der Waals surface area contributed by atoms with E-state index < -0.39 is 0 Å². The average molecular weight is 263 g/mol. The summed E-state index contributed by atoms with van der Waals surface area (Å²) < 4.78 is 0. The Morgan fingerprint density at radius 1 is 1.11 bits per heavy atom. The summed E-state index contributed by atoms with van der Waals surface area (Å²) in [6.07, 6.45) is 9.76. The van der Waals surface area contributed by atoms with Crippen molar-refractivity contribution in [3.05, 3.63) is 47.0 Å². The van der Waals surface area contributed by atoms with Gasteiger partial charge in [-0.05, 0) is 55.1 Å². The van der Waals surface area contributed by atoms with Crippen molar-refractivity contribution in [1.29, 1.82) is 0 Å². The van der Waals surface area contributed by atoms with Gasteiger partial charge in [-0.25, -0.2) is 0 Å². The third-order valence-electron chi connectivity index (χ3n) is 4.11. The smallest absolute Gasteiger partial charge is 0.000525 e. The van der Waals surface area contributed by atoms with Crippen LogP contribution in [0.4, 0.5) is 0 Å². The molecule has 2 rings (SSSR count). The first-order chi connectivity index (χ1) is 8.83. The van der Waals surface area contributed by atoms with Gasteiger partial charge in [0, 0.05) is 5.54 Å². The topological polar surface area (TPSA) is 0 Å². The molecule has 1 saturated carbocycles. The predicted octanol–water partition coefficient (Wildman–Crippen LogP) is 5.67. The van der Waals surface area contributed by atoms with Gasteiger partial charge in [0.1, 0.15) is 0 Å². The molecule has 18 heavy (non-hydrogen) atoms. The summed E-state index contributed by atoms with van der Waals surface area (Å²) in [6, 6.07) is 9.30. The number of aryl methyl sites for hydroxylation is 1. The minimum absolute atomic E-state index is 0.707. The molecule has 0 unspecified atom stereocenters. The lowest BCUT2D eigenvalue weighted by Crippen LogP contribution is -2.11. The molecule has 0 amide bonds. The van der Waals surface area contributed by atoms with Crippen LogP contribution in [0.15, 0.2) is 35.9 Å². The van der Waals surface area contributed by atoms with Crippen LogP contribution in [0.3, 0.4) is 0 Å². The van der Waals surface area contributed by atoms with Gasteiger partial charge in [-0.2, -0.15) is 0 Å². The van der Waals surface area contributed by atoms with Crippen LogP contribution >= 0.6 is 11.6 Å². The highest BCUT2D eigenvalue weighted by molar-refractivity contribution is 6.25. The van der Waals surface area contributed by atoms with Crippen LogP contribution < -0.4 is 0 Å². The number of halogens is 1. The van der Waals surface area contributed by atoms with E-state index in [-0.39, 0.29) is 0 Å². The molecule has 0 N–H and O–H groups in total. The Kier molecular flexibility index (Phi) is 5.31. The summed E-state index contributed by atoms with van der Waals surface area (Å²) in [4.78, 5) is 0. The monoisotopic (exact) mass is 262 g/mol. The molecule has 98 valence electrons. The van der Waals surface area contributed by atoms with E-state index in [1.807, 2.05) is 0 Å². The van der Waals surface area contributed by atoms with E-state index in [9.17, 15) is 0 Å². The van der Waals surface area contributed by atoms with Crippen LogP contribution in [0.1, 0.15) is 56.1 Å². The van der Waals surface area contributed by atoms with Crippen LogP contribution in [0.5, 0.6) is 0 Å². The fourth-order valence-electron chi connectivity index (χ4n) is 2.99. The van der Waals surface area contributed by atoms with E-state index in [0.29, 0.717) is 5.92 Å². The van der Waals surface area contributed by atoms with Gasteiger partial charge in [0.05, 0.1) is 0 Å². The molecule has 1 aromatic carbocycles. The standard InChI is InChI=1S/C17H23Cl/c1-2-3-14-4-8-16(9-5-14)17-10-6-15(7-11-17)12-13-18/h4-5,8-9,12-13,15,17H,2-3,6-7,10-11H2,1H3/b13-12+. The summed E-state index contributed by atoms with van der Waals surface area (Å²) in [7, 11) is 0. The van der Waals surface area contributed by atoms with Crippen LogP contribution in [-0.2, 0) is 6.42 Å². The van der Waals surface area contributed by atoms with Crippen molar-refractivity contribution in [3.8, 4) is 0 Å². The van der Waals surface area contributed by atoms with Gasteiger partial charge in [-0.3, -0.25) is 0 Å². The molecule has 1 aliphatic carbocycles. The van der Waals surface area contributed by atoms with Gasteiger partial charge in [-0.1, -0.05) is 55.3 Å². The van der Waals surface area contributed by atoms with E-state index in [4.69, 9.17) is 11.6 Å². The number of allylic oxidation sites excluding steroid dienone is 1. The van der Waals surface area contributed by atoms with Crippen molar-refractivity contribution in [1.82, 2.24) is 0 Å². The molecule has 0 atom stereocenters. The van der Waals surface area contributed by atoms with E-state index in [1.165, 1.54) is 49.7 Å². The largest absolute Gasteiger partial charge is 0.0933 e. The first-order valence-corrected chi connectivity index (χ1v) is 7.63. The third kappa shape index (κ3) is 3.62. The lowest BCUT2D eigenvalue weighted by Gasteiger charge is -2.27. The zero-order valence-corrected chi connectivity index (χ0v) is 12.0. The van der Waals surface area contributed by atoms with Gasteiger partial charge in [-0.15, -0.1) is 0 Å².